The van der Waals surface area contributed by atoms with E-state index in [1.807, 2.05) is 62.4 Å². The van der Waals surface area contributed by atoms with Gasteiger partial charge in [-0.1, -0.05) is 42.0 Å². The number of benzene rings is 2. The van der Waals surface area contributed by atoms with Crippen molar-refractivity contribution < 1.29 is 14.3 Å². The zero-order chi connectivity index (χ0) is 16.4. The fraction of sp³-hybridized carbons (Fsp3) is 0.150. The number of rotatable bonds is 3. The Balaban J connectivity index is 1.93. The number of hydrogen-bond donors (Lipinski definition) is 0. The van der Waals surface area contributed by atoms with Crippen molar-refractivity contribution in [3.63, 3.8) is 0 Å². The van der Waals surface area contributed by atoms with Crippen LogP contribution in [-0.2, 0) is 9.53 Å². The molecule has 3 nitrogen and oxygen atoms in total. The van der Waals surface area contributed by atoms with E-state index in [-0.39, 0.29) is 5.97 Å². The predicted molar refractivity (Wildman–Crippen MR) is 91.0 cm³/mol. The van der Waals surface area contributed by atoms with Crippen LogP contribution < -0.4 is 4.74 Å². The molecule has 3 rings (SSSR count). The monoisotopic (exact) mass is 306 g/mol. The molecule has 0 spiro atoms. The van der Waals surface area contributed by atoms with Gasteiger partial charge in [0, 0.05) is 5.56 Å². The van der Waals surface area contributed by atoms with Gasteiger partial charge in [-0.15, -0.1) is 0 Å². The largest absolute Gasteiger partial charge is 0.496 e. The van der Waals surface area contributed by atoms with Gasteiger partial charge in [0.1, 0.15) is 11.5 Å². The van der Waals surface area contributed by atoms with Crippen molar-refractivity contribution in [1.82, 2.24) is 0 Å². The summed E-state index contributed by atoms with van der Waals surface area (Å²) in [4.78, 5) is 12.1. The van der Waals surface area contributed by atoms with E-state index < -0.39 is 0 Å². The van der Waals surface area contributed by atoms with Crippen LogP contribution in [0, 0.1) is 13.8 Å². The van der Waals surface area contributed by atoms with E-state index in [1.54, 1.807) is 13.2 Å². The first-order valence-corrected chi connectivity index (χ1v) is 7.44. The lowest BCUT2D eigenvalue weighted by Crippen LogP contribution is -1.97. The normalized spacial score (nSPS) is 15.5. The van der Waals surface area contributed by atoms with Crippen LogP contribution in [0.5, 0.6) is 5.75 Å². The molecule has 0 unspecified atom stereocenters. The Labute approximate surface area is 135 Å². The summed E-state index contributed by atoms with van der Waals surface area (Å²) in [5.74, 6) is 1.05. The molecule has 0 saturated carbocycles. The molecule has 0 N–H and O–H groups in total. The van der Waals surface area contributed by atoms with Gasteiger partial charge in [0.15, 0.2) is 0 Å². The Hall–Kier alpha value is -2.81. The van der Waals surface area contributed by atoms with E-state index in [1.165, 1.54) is 5.56 Å². The first-order valence-electron chi connectivity index (χ1n) is 7.44. The van der Waals surface area contributed by atoms with Gasteiger partial charge in [-0.3, -0.25) is 0 Å². The molecule has 116 valence electrons. The van der Waals surface area contributed by atoms with E-state index >= 15 is 0 Å². The Kier molecular flexibility index (Phi) is 4.02. The van der Waals surface area contributed by atoms with Gasteiger partial charge < -0.3 is 9.47 Å². The quantitative estimate of drug-likeness (QED) is 0.627. The molecule has 0 fully saturated rings. The van der Waals surface area contributed by atoms with Crippen LogP contribution in [0.4, 0.5) is 0 Å². The molecule has 3 heteroatoms. The molecular formula is C20H18O3. The van der Waals surface area contributed by atoms with Crippen LogP contribution >= 0.6 is 0 Å². The SMILES string of the molecule is COc1cc(C=C2C=C(c3ccc(C)cc3)OC2=O)ccc1C. The van der Waals surface area contributed by atoms with Crippen molar-refractivity contribution in [1.29, 1.82) is 0 Å². The van der Waals surface area contributed by atoms with Crippen LogP contribution in [0.2, 0.25) is 0 Å². The summed E-state index contributed by atoms with van der Waals surface area (Å²) in [5.41, 5.74) is 4.56. The minimum atomic E-state index is -0.333. The second-order valence-corrected chi connectivity index (χ2v) is 5.59. The Bertz CT molecular complexity index is 811. The molecule has 23 heavy (non-hydrogen) atoms. The summed E-state index contributed by atoms with van der Waals surface area (Å²) in [7, 11) is 1.64. The van der Waals surface area contributed by atoms with Crippen molar-refractivity contribution in [3.8, 4) is 5.75 Å². The summed E-state index contributed by atoms with van der Waals surface area (Å²) in [5, 5.41) is 0. The van der Waals surface area contributed by atoms with E-state index in [0.717, 1.165) is 22.4 Å². The van der Waals surface area contributed by atoms with Gasteiger partial charge in [-0.2, -0.15) is 0 Å². The Morgan fingerprint density at radius 2 is 1.78 bits per heavy atom. The third-order valence-corrected chi connectivity index (χ3v) is 3.82. The molecule has 0 aliphatic carbocycles. The lowest BCUT2D eigenvalue weighted by atomic mass is 10.1. The number of esters is 1. The highest BCUT2D eigenvalue weighted by atomic mass is 16.5. The number of methoxy groups -OCH3 is 1. The molecule has 0 radical (unpaired) electrons. The van der Waals surface area contributed by atoms with E-state index in [2.05, 4.69) is 0 Å². The number of aryl methyl sites for hydroxylation is 2. The molecular weight excluding hydrogens is 288 g/mol. The summed E-state index contributed by atoms with van der Waals surface area (Å²) in [6.45, 7) is 4.00. The number of hydrogen-bond acceptors (Lipinski definition) is 3. The van der Waals surface area contributed by atoms with E-state index in [9.17, 15) is 4.79 Å². The first-order chi connectivity index (χ1) is 11.1. The molecule has 0 amide bonds. The van der Waals surface area contributed by atoms with Gasteiger partial charge in [0.25, 0.3) is 0 Å². The second kappa shape index (κ2) is 6.13. The maximum atomic E-state index is 12.1. The number of carbonyl (C=O) groups is 1. The van der Waals surface area contributed by atoms with Crippen molar-refractivity contribution in [2.45, 2.75) is 13.8 Å². The summed E-state index contributed by atoms with van der Waals surface area (Å²) in [6, 6.07) is 13.7. The Morgan fingerprint density at radius 1 is 1.04 bits per heavy atom. The van der Waals surface area contributed by atoms with Gasteiger partial charge in [0.05, 0.1) is 12.7 Å². The first kappa shape index (κ1) is 15.1. The lowest BCUT2D eigenvalue weighted by molar-refractivity contribution is -0.130. The van der Waals surface area contributed by atoms with Crippen molar-refractivity contribution in [2.24, 2.45) is 0 Å². The lowest BCUT2D eigenvalue weighted by Gasteiger charge is -2.05. The molecule has 2 aromatic carbocycles. The van der Waals surface area contributed by atoms with Crippen molar-refractivity contribution in [2.75, 3.05) is 7.11 Å². The smallest absolute Gasteiger partial charge is 0.343 e. The highest BCUT2D eigenvalue weighted by molar-refractivity contribution is 6.05. The summed E-state index contributed by atoms with van der Waals surface area (Å²) in [6.07, 6.45) is 3.59. The maximum Gasteiger partial charge on any atom is 0.343 e. The fourth-order valence-corrected chi connectivity index (χ4v) is 2.46. The van der Waals surface area contributed by atoms with Crippen LogP contribution in [-0.4, -0.2) is 13.1 Å². The number of carbonyl (C=O) groups excluding carboxylic acids is 1. The number of cyclic esters (lactones) is 1. The molecule has 0 saturated heterocycles. The van der Waals surface area contributed by atoms with Crippen LogP contribution in [0.3, 0.4) is 0 Å². The molecule has 2 aromatic rings. The molecule has 0 atom stereocenters. The molecule has 1 heterocycles. The number of ether oxygens (including phenoxy) is 2. The van der Waals surface area contributed by atoms with Gasteiger partial charge in [0.2, 0.25) is 0 Å². The topological polar surface area (TPSA) is 35.5 Å². The highest BCUT2D eigenvalue weighted by Crippen LogP contribution is 2.28. The highest BCUT2D eigenvalue weighted by Gasteiger charge is 2.21. The molecule has 1 aliphatic rings. The van der Waals surface area contributed by atoms with Crippen LogP contribution in [0.15, 0.2) is 54.1 Å². The minimum absolute atomic E-state index is 0.333. The molecule has 1 aliphatic heterocycles. The van der Waals surface area contributed by atoms with Gasteiger partial charge in [-0.25, -0.2) is 4.79 Å². The predicted octanol–water partition coefficient (Wildman–Crippen LogP) is 4.29. The van der Waals surface area contributed by atoms with Crippen molar-refractivity contribution in [3.05, 3.63) is 76.4 Å². The van der Waals surface area contributed by atoms with Gasteiger partial charge >= 0.3 is 5.97 Å². The minimum Gasteiger partial charge on any atom is -0.496 e. The fourth-order valence-electron chi connectivity index (χ4n) is 2.46. The maximum absolute atomic E-state index is 12.1. The molecule has 0 aromatic heterocycles. The van der Waals surface area contributed by atoms with E-state index in [4.69, 9.17) is 9.47 Å². The standard InChI is InChI=1S/C20H18O3/c1-13-4-8-16(9-5-13)19-12-17(20(21)23-19)10-15-7-6-14(2)18(11-15)22-3/h4-12H,1-3H3. The zero-order valence-corrected chi connectivity index (χ0v) is 13.4. The average Bonchev–Trinajstić information content (AvgIpc) is 2.91. The average molecular weight is 306 g/mol. The molecule has 0 bridgehead atoms. The zero-order valence-electron chi connectivity index (χ0n) is 13.4. The van der Waals surface area contributed by atoms with Gasteiger partial charge in [-0.05, 0) is 43.2 Å². The second-order valence-electron chi connectivity index (χ2n) is 5.59. The third kappa shape index (κ3) is 3.19. The summed E-state index contributed by atoms with van der Waals surface area (Å²) >= 11 is 0. The Morgan fingerprint density at radius 3 is 2.48 bits per heavy atom. The third-order valence-electron chi connectivity index (χ3n) is 3.82. The van der Waals surface area contributed by atoms with E-state index in [0.29, 0.717) is 11.3 Å². The van der Waals surface area contributed by atoms with Crippen LogP contribution in [0.25, 0.3) is 11.8 Å². The van der Waals surface area contributed by atoms with Crippen LogP contribution in [0.1, 0.15) is 22.3 Å². The summed E-state index contributed by atoms with van der Waals surface area (Å²) < 4.78 is 10.7. The van der Waals surface area contributed by atoms with Crippen molar-refractivity contribution >= 4 is 17.8 Å².